The van der Waals surface area contributed by atoms with Crippen molar-refractivity contribution in [3.63, 3.8) is 0 Å². The first kappa shape index (κ1) is 19.7. The normalized spacial score (nSPS) is 18.4. The lowest BCUT2D eigenvalue weighted by Crippen LogP contribution is -2.28. The van der Waals surface area contributed by atoms with Gasteiger partial charge in [-0.3, -0.25) is 9.79 Å². The number of hydrogen-bond donors (Lipinski definition) is 1. The van der Waals surface area contributed by atoms with Crippen LogP contribution in [-0.4, -0.2) is 24.8 Å². The minimum Gasteiger partial charge on any atom is -0.497 e. The Kier molecular flexibility index (Phi) is 5.98. The number of anilines is 1. The molecule has 4 nitrogen and oxygen atoms in total. The van der Waals surface area contributed by atoms with Crippen LogP contribution in [0.3, 0.4) is 0 Å². The van der Waals surface area contributed by atoms with Gasteiger partial charge in [-0.25, -0.2) is 0 Å². The summed E-state index contributed by atoms with van der Waals surface area (Å²) in [6.07, 6.45) is 7.63. The van der Waals surface area contributed by atoms with Crippen molar-refractivity contribution in [1.82, 2.24) is 0 Å². The lowest BCUT2D eigenvalue weighted by Gasteiger charge is -2.25. The third-order valence-corrected chi connectivity index (χ3v) is 6.13. The molecule has 0 bridgehead atoms. The van der Waals surface area contributed by atoms with Gasteiger partial charge in [0.1, 0.15) is 5.75 Å². The Morgan fingerprint density at radius 3 is 2.62 bits per heavy atom. The number of hydrogen-bond acceptors (Lipinski definition) is 3. The van der Waals surface area contributed by atoms with E-state index in [4.69, 9.17) is 9.73 Å². The highest BCUT2D eigenvalue weighted by molar-refractivity contribution is 6.14. The topological polar surface area (TPSA) is 50.7 Å². The van der Waals surface area contributed by atoms with E-state index in [0.29, 0.717) is 6.04 Å². The van der Waals surface area contributed by atoms with Gasteiger partial charge < -0.3 is 10.1 Å². The number of rotatable bonds is 7. The van der Waals surface area contributed by atoms with Crippen molar-refractivity contribution < 1.29 is 9.53 Å². The fourth-order valence-corrected chi connectivity index (χ4v) is 4.11. The van der Waals surface area contributed by atoms with E-state index in [1.807, 2.05) is 18.2 Å². The summed E-state index contributed by atoms with van der Waals surface area (Å²) in [5.74, 6) is 1.24. The van der Waals surface area contributed by atoms with Gasteiger partial charge in [-0.15, -0.1) is 0 Å². The number of unbranched alkanes of at least 4 members (excludes halogenated alkanes) is 1. The number of methoxy groups -OCH3 is 1. The van der Waals surface area contributed by atoms with Crippen LogP contribution in [-0.2, 0) is 11.2 Å². The molecule has 0 spiro atoms. The second-order valence-corrected chi connectivity index (χ2v) is 8.20. The monoisotopic (exact) mass is 390 g/mol. The maximum atomic E-state index is 12.2. The van der Waals surface area contributed by atoms with E-state index >= 15 is 0 Å². The summed E-state index contributed by atoms with van der Waals surface area (Å²) in [5.41, 5.74) is 5.49. The molecule has 2 aromatic rings. The van der Waals surface area contributed by atoms with Crippen molar-refractivity contribution in [3.05, 3.63) is 59.2 Å². The number of nitrogens with one attached hydrogen (secondary N) is 1. The van der Waals surface area contributed by atoms with Crippen LogP contribution in [0.2, 0.25) is 0 Å². The van der Waals surface area contributed by atoms with E-state index in [1.54, 1.807) is 7.11 Å². The van der Waals surface area contributed by atoms with E-state index < -0.39 is 0 Å². The van der Waals surface area contributed by atoms with Crippen LogP contribution in [0.15, 0.2) is 47.5 Å². The summed E-state index contributed by atoms with van der Waals surface area (Å²) in [6, 6.07) is 14.7. The fourth-order valence-electron chi connectivity index (χ4n) is 4.11. The largest absolute Gasteiger partial charge is 0.497 e. The molecule has 1 unspecified atom stereocenters. The number of carbonyl (C=O) groups is 1. The summed E-state index contributed by atoms with van der Waals surface area (Å²) in [7, 11) is 1.71. The van der Waals surface area contributed by atoms with Crippen molar-refractivity contribution in [1.29, 1.82) is 0 Å². The molecule has 4 heteroatoms. The highest BCUT2D eigenvalue weighted by Gasteiger charge is 2.25. The molecule has 2 aromatic carbocycles. The minimum atomic E-state index is 0.149. The summed E-state index contributed by atoms with van der Waals surface area (Å²) >= 11 is 0. The minimum absolute atomic E-state index is 0.149. The second kappa shape index (κ2) is 8.81. The van der Waals surface area contributed by atoms with Gasteiger partial charge >= 0.3 is 0 Å². The van der Waals surface area contributed by atoms with Gasteiger partial charge in [0.15, 0.2) is 0 Å². The predicted octanol–water partition coefficient (Wildman–Crippen LogP) is 5.39. The fraction of sp³-hybridized carbons (Fsp3) is 0.440. The molecule has 1 aliphatic carbocycles. The van der Waals surface area contributed by atoms with Crippen LogP contribution >= 0.6 is 0 Å². The van der Waals surface area contributed by atoms with Gasteiger partial charge in [0.25, 0.3) is 0 Å². The van der Waals surface area contributed by atoms with Crippen molar-refractivity contribution in [2.24, 2.45) is 10.9 Å². The summed E-state index contributed by atoms with van der Waals surface area (Å²) in [6.45, 7) is 2.22. The van der Waals surface area contributed by atoms with Gasteiger partial charge in [-0.2, -0.15) is 0 Å². The van der Waals surface area contributed by atoms with Crippen LogP contribution in [0.25, 0.3) is 0 Å². The number of fused-ring (bicyclic) bond motifs is 1. The lowest BCUT2D eigenvalue weighted by molar-refractivity contribution is -0.122. The van der Waals surface area contributed by atoms with Gasteiger partial charge in [0, 0.05) is 22.7 Å². The maximum Gasteiger partial charge on any atom is 0.227 e. The van der Waals surface area contributed by atoms with Crippen LogP contribution in [0, 0.1) is 5.92 Å². The molecule has 1 aliphatic heterocycles. The van der Waals surface area contributed by atoms with Gasteiger partial charge in [0.05, 0.1) is 18.9 Å². The first-order valence-electron chi connectivity index (χ1n) is 10.8. The zero-order valence-corrected chi connectivity index (χ0v) is 17.4. The Hall–Kier alpha value is -2.62. The third-order valence-electron chi connectivity index (χ3n) is 6.13. The van der Waals surface area contributed by atoms with Gasteiger partial charge in [-0.05, 0) is 61.6 Å². The standard InChI is InChI=1S/C25H30N2O2/c1-3-4-8-21-15-19-16-22(29-2)13-14-23(19)24(26-21)17-9-11-20(12-10-17)27-25(28)18-6-5-7-18/h9-14,16,18,21H,3-8,15H2,1-2H3,(H,27,28). The molecule has 0 radical (unpaired) electrons. The van der Waals surface area contributed by atoms with Crippen molar-refractivity contribution in [3.8, 4) is 5.75 Å². The predicted molar refractivity (Wildman–Crippen MR) is 118 cm³/mol. The summed E-state index contributed by atoms with van der Waals surface area (Å²) < 4.78 is 5.44. The first-order valence-corrected chi connectivity index (χ1v) is 10.8. The zero-order chi connectivity index (χ0) is 20.2. The average Bonchev–Trinajstić information content (AvgIpc) is 2.70. The molecule has 0 saturated heterocycles. The molecule has 1 heterocycles. The molecule has 1 amide bonds. The molecule has 152 valence electrons. The van der Waals surface area contributed by atoms with E-state index in [2.05, 4.69) is 36.5 Å². The molecule has 4 rings (SSSR count). The molecular weight excluding hydrogens is 360 g/mol. The molecular formula is C25H30N2O2. The number of carbonyl (C=O) groups excluding carboxylic acids is 1. The van der Waals surface area contributed by atoms with E-state index in [0.717, 1.165) is 48.4 Å². The smallest absolute Gasteiger partial charge is 0.227 e. The van der Waals surface area contributed by atoms with Crippen molar-refractivity contribution >= 4 is 17.3 Å². The van der Waals surface area contributed by atoms with Crippen LogP contribution in [0.5, 0.6) is 5.75 Å². The number of ether oxygens (including phenoxy) is 1. The number of aliphatic imine (C=N–C) groups is 1. The Morgan fingerprint density at radius 2 is 1.97 bits per heavy atom. The van der Waals surface area contributed by atoms with E-state index in [1.165, 1.54) is 30.4 Å². The van der Waals surface area contributed by atoms with Crippen LogP contribution in [0.4, 0.5) is 5.69 Å². The molecule has 1 fully saturated rings. The Bertz CT molecular complexity index is 898. The van der Waals surface area contributed by atoms with Gasteiger partial charge in [-0.1, -0.05) is 38.3 Å². The summed E-state index contributed by atoms with van der Waals surface area (Å²) in [4.78, 5) is 17.3. The molecule has 1 atom stereocenters. The molecule has 0 aromatic heterocycles. The highest BCUT2D eigenvalue weighted by atomic mass is 16.5. The zero-order valence-electron chi connectivity index (χ0n) is 17.4. The molecule has 1 saturated carbocycles. The molecule has 29 heavy (non-hydrogen) atoms. The highest BCUT2D eigenvalue weighted by Crippen LogP contribution is 2.30. The van der Waals surface area contributed by atoms with Crippen molar-refractivity contribution in [2.45, 2.75) is 57.9 Å². The lowest BCUT2D eigenvalue weighted by atomic mass is 9.85. The molecule has 2 aliphatic rings. The molecule has 1 N–H and O–H groups in total. The Morgan fingerprint density at radius 1 is 1.17 bits per heavy atom. The first-order chi connectivity index (χ1) is 14.2. The maximum absolute atomic E-state index is 12.2. The second-order valence-electron chi connectivity index (χ2n) is 8.20. The number of nitrogens with zero attached hydrogens (tertiary/aromatic N) is 1. The van der Waals surface area contributed by atoms with E-state index in [-0.39, 0.29) is 11.8 Å². The van der Waals surface area contributed by atoms with Crippen molar-refractivity contribution in [2.75, 3.05) is 12.4 Å². The van der Waals surface area contributed by atoms with Crippen LogP contribution < -0.4 is 10.1 Å². The van der Waals surface area contributed by atoms with Gasteiger partial charge in [0.2, 0.25) is 5.91 Å². The third kappa shape index (κ3) is 4.36. The SMILES string of the molecule is CCCCC1Cc2cc(OC)ccc2C(c2ccc(NC(=O)C3CCC3)cc2)=N1. The average molecular weight is 391 g/mol. The van der Waals surface area contributed by atoms with E-state index in [9.17, 15) is 4.79 Å². The number of benzene rings is 2. The quantitative estimate of drug-likeness (QED) is 0.689. The Balaban J connectivity index is 1.58. The Labute approximate surface area is 173 Å². The number of amides is 1. The van der Waals surface area contributed by atoms with Crippen LogP contribution in [0.1, 0.15) is 62.1 Å². The summed E-state index contributed by atoms with van der Waals surface area (Å²) in [5, 5.41) is 3.05.